The summed E-state index contributed by atoms with van der Waals surface area (Å²) in [6, 6.07) is 0. The van der Waals surface area contributed by atoms with Crippen LogP contribution in [0.3, 0.4) is 0 Å². The summed E-state index contributed by atoms with van der Waals surface area (Å²) < 4.78 is 68.3. The Labute approximate surface area is 556 Å². The van der Waals surface area contributed by atoms with Crippen LogP contribution in [0.25, 0.3) is 0 Å². The quantitative estimate of drug-likeness (QED) is 0.0222. The SMILES string of the molecule is CCCCCCCCCCCCCCCCCC(=O)OC[C@H](COP(=O)(O)OC[C@@H](O)COP(=O)(O)OC[C@@H](COC(=O)CCCCCCCCCC)OC(=O)CCCCCCCCCCCC)OC(=O)CCCCCCCCCCCCCCCCCC(C)C. The minimum absolute atomic E-state index is 0.107. The molecule has 0 fully saturated rings. The molecule has 2 unspecified atom stereocenters. The molecule has 0 aromatic heterocycles. The average molecular weight is 1340 g/mol. The summed E-state index contributed by atoms with van der Waals surface area (Å²) in [5, 5.41) is 10.6. The van der Waals surface area contributed by atoms with Gasteiger partial charge in [0.15, 0.2) is 12.2 Å². The number of aliphatic hydroxyl groups is 1. The van der Waals surface area contributed by atoms with E-state index in [-0.39, 0.29) is 25.7 Å². The number of esters is 4. The Bertz CT molecular complexity index is 1750. The molecule has 17 nitrogen and oxygen atoms in total. The molecule has 0 amide bonds. The predicted octanol–water partition coefficient (Wildman–Crippen LogP) is 20.9. The summed E-state index contributed by atoms with van der Waals surface area (Å²) in [4.78, 5) is 72.5. The molecule has 0 aliphatic heterocycles. The van der Waals surface area contributed by atoms with Crippen molar-refractivity contribution >= 4 is 39.5 Å². The van der Waals surface area contributed by atoms with Crippen molar-refractivity contribution < 1.29 is 80.2 Å². The molecule has 0 heterocycles. The summed E-state index contributed by atoms with van der Waals surface area (Å²) in [5.41, 5.74) is 0. The molecule has 0 aliphatic rings. The number of ether oxygens (including phenoxy) is 4. The highest BCUT2D eigenvalue weighted by molar-refractivity contribution is 7.47. The monoisotopic (exact) mass is 1340 g/mol. The molecule has 0 aromatic carbocycles. The van der Waals surface area contributed by atoms with E-state index in [9.17, 15) is 43.2 Å². The van der Waals surface area contributed by atoms with E-state index in [1.165, 1.54) is 193 Å². The Morgan fingerprint density at radius 3 is 0.747 bits per heavy atom. The molecule has 0 spiro atoms. The molecule has 0 bridgehead atoms. The molecular weight excluding hydrogens is 1200 g/mol. The van der Waals surface area contributed by atoms with E-state index in [2.05, 4.69) is 34.6 Å². The van der Waals surface area contributed by atoms with Gasteiger partial charge in [-0.3, -0.25) is 37.3 Å². The first-order valence-electron chi connectivity index (χ1n) is 37.6. The Morgan fingerprint density at radius 1 is 0.297 bits per heavy atom. The van der Waals surface area contributed by atoms with Crippen LogP contribution < -0.4 is 0 Å². The van der Waals surface area contributed by atoms with Gasteiger partial charge in [0.25, 0.3) is 0 Å². The lowest BCUT2D eigenvalue weighted by Crippen LogP contribution is -2.30. The third-order valence-corrected chi connectivity index (χ3v) is 18.7. The van der Waals surface area contributed by atoms with Gasteiger partial charge >= 0.3 is 39.5 Å². The third-order valence-electron chi connectivity index (χ3n) is 16.8. The molecule has 0 radical (unpaired) electrons. The topological polar surface area (TPSA) is 237 Å². The average Bonchev–Trinajstić information content (AvgIpc) is 3.73. The van der Waals surface area contributed by atoms with Gasteiger partial charge in [0, 0.05) is 25.7 Å². The highest BCUT2D eigenvalue weighted by Crippen LogP contribution is 2.45. The van der Waals surface area contributed by atoms with E-state index < -0.39 is 97.5 Å². The van der Waals surface area contributed by atoms with Crippen molar-refractivity contribution in [3.63, 3.8) is 0 Å². The number of carbonyl (C=O) groups excluding carboxylic acids is 4. The Balaban J connectivity index is 5.20. The van der Waals surface area contributed by atoms with E-state index in [4.69, 9.17) is 37.0 Å². The van der Waals surface area contributed by atoms with Gasteiger partial charge in [0.1, 0.15) is 19.3 Å². The number of aliphatic hydroxyl groups excluding tert-OH is 1. The van der Waals surface area contributed by atoms with Crippen LogP contribution in [0.2, 0.25) is 0 Å². The maximum Gasteiger partial charge on any atom is 0.472 e. The maximum atomic E-state index is 13.0. The van der Waals surface area contributed by atoms with Crippen molar-refractivity contribution in [2.24, 2.45) is 5.92 Å². The highest BCUT2D eigenvalue weighted by atomic mass is 31.2. The van der Waals surface area contributed by atoms with Crippen molar-refractivity contribution in [3.8, 4) is 0 Å². The fraction of sp³-hybridized carbons (Fsp3) is 0.944. The van der Waals surface area contributed by atoms with Crippen LogP contribution in [0, 0.1) is 5.92 Å². The van der Waals surface area contributed by atoms with Gasteiger partial charge in [-0.05, 0) is 31.6 Å². The Morgan fingerprint density at radius 2 is 0.505 bits per heavy atom. The lowest BCUT2D eigenvalue weighted by molar-refractivity contribution is -0.161. The fourth-order valence-electron chi connectivity index (χ4n) is 11.0. The summed E-state index contributed by atoms with van der Waals surface area (Å²) in [7, 11) is -9.90. The smallest absolute Gasteiger partial charge is 0.462 e. The molecule has 5 atom stereocenters. The zero-order chi connectivity index (χ0) is 67.0. The molecule has 0 saturated carbocycles. The molecule has 0 aliphatic carbocycles. The molecule has 0 saturated heterocycles. The van der Waals surface area contributed by atoms with Crippen molar-refractivity contribution in [2.75, 3.05) is 39.6 Å². The third kappa shape index (κ3) is 66.5. The van der Waals surface area contributed by atoms with Crippen LogP contribution in [0.1, 0.15) is 375 Å². The van der Waals surface area contributed by atoms with E-state index in [1.807, 2.05) is 0 Å². The fourth-order valence-corrected chi connectivity index (χ4v) is 12.6. The second-order valence-corrected chi connectivity index (χ2v) is 29.4. The van der Waals surface area contributed by atoms with Gasteiger partial charge in [-0.25, -0.2) is 9.13 Å². The van der Waals surface area contributed by atoms with E-state index in [0.717, 1.165) is 102 Å². The zero-order valence-corrected chi connectivity index (χ0v) is 60.8. The number of phosphoric acid groups is 2. The normalized spacial score (nSPS) is 14.0. The van der Waals surface area contributed by atoms with E-state index in [1.54, 1.807) is 0 Å². The second kappa shape index (κ2) is 65.4. The predicted molar refractivity (Wildman–Crippen MR) is 368 cm³/mol. The number of carbonyl (C=O) groups is 4. The lowest BCUT2D eigenvalue weighted by Gasteiger charge is -2.21. The number of hydrogen-bond acceptors (Lipinski definition) is 15. The largest absolute Gasteiger partial charge is 0.472 e. The second-order valence-electron chi connectivity index (χ2n) is 26.5. The number of unbranched alkanes of at least 4 members (excludes halogenated alkanes) is 44. The molecule has 19 heteroatoms. The van der Waals surface area contributed by atoms with Crippen molar-refractivity contribution in [1.29, 1.82) is 0 Å². The maximum absolute atomic E-state index is 13.0. The minimum Gasteiger partial charge on any atom is -0.462 e. The molecule has 0 rings (SSSR count). The minimum atomic E-state index is -4.95. The van der Waals surface area contributed by atoms with E-state index >= 15 is 0 Å². The van der Waals surface area contributed by atoms with Gasteiger partial charge in [-0.15, -0.1) is 0 Å². The van der Waals surface area contributed by atoms with Gasteiger partial charge < -0.3 is 33.8 Å². The lowest BCUT2D eigenvalue weighted by atomic mass is 10.0. The first-order valence-corrected chi connectivity index (χ1v) is 40.6. The summed E-state index contributed by atoms with van der Waals surface area (Å²) >= 11 is 0. The Hall–Kier alpha value is -1.94. The summed E-state index contributed by atoms with van der Waals surface area (Å²) in [6.45, 7) is 7.26. The molecular formula is C72H140O17P2. The molecule has 91 heavy (non-hydrogen) atoms. The van der Waals surface area contributed by atoms with Crippen LogP contribution in [-0.2, 0) is 65.4 Å². The van der Waals surface area contributed by atoms with Gasteiger partial charge in [-0.2, -0.15) is 0 Å². The first-order chi connectivity index (χ1) is 44.0. The van der Waals surface area contributed by atoms with Crippen molar-refractivity contribution in [2.45, 2.75) is 393 Å². The summed E-state index contributed by atoms with van der Waals surface area (Å²) in [5.74, 6) is -1.32. The van der Waals surface area contributed by atoms with Crippen LogP contribution in [0.4, 0.5) is 0 Å². The van der Waals surface area contributed by atoms with E-state index in [0.29, 0.717) is 25.7 Å². The van der Waals surface area contributed by atoms with Crippen molar-refractivity contribution in [1.82, 2.24) is 0 Å². The zero-order valence-electron chi connectivity index (χ0n) is 59.0. The Kier molecular flexibility index (Phi) is 64.0. The molecule has 3 N–H and O–H groups in total. The number of hydrogen-bond donors (Lipinski definition) is 3. The van der Waals surface area contributed by atoms with Crippen LogP contribution >= 0.6 is 15.6 Å². The summed E-state index contributed by atoms with van der Waals surface area (Å²) in [6.07, 6.45) is 52.7. The molecule has 0 aromatic rings. The number of phosphoric ester groups is 2. The number of rotatable bonds is 72. The van der Waals surface area contributed by atoms with Gasteiger partial charge in [-0.1, -0.05) is 324 Å². The molecule has 540 valence electrons. The van der Waals surface area contributed by atoms with Crippen LogP contribution in [0.15, 0.2) is 0 Å². The van der Waals surface area contributed by atoms with Gasteiger partial charge in [0.2, 0.25) is 0 Å². The van der Waals surface area contributed by atoms with Crippen molar-refractivity contribution in [3.05, 3.63) is 0 Å². The van der Waals surface area contributed by atoms with Crippen LogP contribution in [0.5, 0.6) is 0 Å². The van der Waals surface area contributed by atoms with Crippen LogP contribution in [-0.4, -0.2) is 96.7 Å². The standard InChI is InChI=1S/C72H140O17P2/c1-6-9-12-15-18-21-23-24-26-30-33-37-41-46-51-56-70(75)83-62-68(89-72(77)58-53-48-43-38-34-31-28-25-27-29-32-35-39-44-49-54-65(4)5)64-87-91(80,81)85-60-66(73)59-84-90(78,79)86-63-67(61-82-69(74)55-50-45-40-20-17-14-11-8-3)88-71(76)57-52-47-42-36-22-19-16-13-10-7-2/h65-68,73H,6-64H2,1-5H3,(H,78,79)(H,80,81)/t66-,67+,68+/m0/s1. The van der Waals surface area contributed by atoms with Gasteiger partial charge in [0.05, 0.1) is 26.4 Å². The highest BCUT2D eigenvalue weighted by Gasteiger charge is 2.30. The first kappa shape index (κ1) is 89.1.